The van der Waals surface area contributed by atoms with Crippen LogP contribution in [0, 0.1) is 0 Å². The van der Waals surface area contributed by atoms with Gasteiger partial charge in [-0.15, -0.1) is 0 Å². The van der Waals surface area contributed by atoms with Crippen LogP contribution in [0.5, 0.6) is 0 Å². The molecule has 0 saturated carbocycles. The third-order valence-electron chi connectivity index (χ3n) is 1.87. The molecule has 2 N–H and O–H groups in total. The number of nitrogens with zero attached hydrogens (tertiary/aromatic N) is 5. The van der Waals surface area contributed by atoms with Crippen molar-refractivity contribution in [3.8, 4) is 0 Å². The molecule has 0 aliphatic heterocycles. The highest BCUT2D eigenvalue weighted by atomic mass is 32.2. The topological polar surface area (TPSA) is 115 Å². The Bertz CT molecular complexity index is 379. The van der Waals surface area contributed by atoms with Crippen LogP contribution < -0.4 is 0 Å². The molecule has 1 heterocycles. The zero-order valence-corrected chi connectivity index (χ0v) is 9.37. The number of aliphatic hydroxyl groups excluding tert-OH is 2. The van der Waals surface area contributed by atoms with E-state index in [1.54, 1.807) is 0 Å². The third kappa shape index (κ3) is 3.35. The molecule has 2 atom stereocenters. The van der Waals surface area contributed by atoms with Gasteiger partial charge in [-0.05, 0) is 11.8 Å². The van der Waals surface area contributed by atoms with E-state index in [0.29, 0.717) is 10.7 Å². The van der Waals surface area contributed by atoms with Crippen molar-refractivity contribution < 1.29 is 10.2 Å². The Balaban J connectivity index is 2.71. The first-order valence-corrected chi connectivity index (χ1v) is 5.64. The maximum Gasteiger partial charge on any atom is 0.187 e. The van der Waals surface area contributed by atoms with Crippen molar-refractivity contribution >= 4 is 11.8 Å². The van der Waals surface area contributed by atoms with Crippen molar-refractivity contribution in [2.75, 3.05) is 12.8 Å². The molecule has 1 aromatic heterocycles. The fourth-order valence-corrected chi connectivity index (χ4v) is 1.34. The summed E-state index contributed by atoms with van der Waals surface area (Å²) in [5.74, 6) is 0. The predicted octanol–water partition coefficient (Wildman–Crippen LogP) is 0.903. The quantitative estimate of drug-likeness (QED) is 0.261. The lowest BCUT2D eigenvalue weighted by atomic mass is 10.1. The van der Waals surface area contributed by atoms with Crippen LogP contribution >= 0.6 is 11.8 Å². The van der Waals surface area contributed by atoms with Gasteiger partial charge in [0.2, 0.25) is 0 Å². The van der Waals surface area contributed by atoms with Crippen LogP contribution in [0.2, 0.25) is 0 Å². The van der Waals surface area contributed by atoms with Gasteiger partial charge in [-0.2, -0.15) is 0 Å². The maximum absolute atomic E-state index is 9.66. The molecule has 0 saturated heterocycles. The Labute approximate surface area is 96.2 Å². The summed E-state index contributed by atoms with van der Waals surface area (Å²) in [5.41, 5.74) is 8.46. The Hall–Kier alpha value is -1.34. The molecule has 0 spiro atoms. The molecule has 0 aliphatic rings. The molecule has 0 fully saturated rings. The van der Waals surface area contributed by atoms with E-state index in [-0.39, 0.29) is 6.54 Å². The fraction of sp³-hybridized carbons (Fsp3) is 0.500. The standard InChI is InChI=1S/C8H11N5O2S/c1-16-8-10-2-5(3-11-8)7(15)6(14)4-12-13-9/h2-3,6-7,14-15H,4H2,1H3. The van der Waals surface area contributed by atoms with Gasteiger partial charge in [-0.3, -0.25) is 0 Å². The molecule has 1 rings (SSSR count). The predicted molar refractivity (Wildman–Crippen MR) is 58.8 cm³/mol. The molecule has 7 nitrogen and oxygen atoms in total. The molecular formula is C8H11N5O2S. The molecule has 1 aromatic rings. The number of azide groups is 1. The van der Waals surface area contributed by atoms with E-state index in [1.807, 2.05) is 6.26 Å². The zero-order valence-electron chi connectivity index (χ0n) is 8.56. The summed E-state index contributed by atoms with van der Waals surface area (Å²) in [7, 11) is 0. The number of rotatable bonds is 5. The average molecular weight is 241 g/mol. The van der Waals surface area contributed by atoms with Crippen LogP contribution in [0.3, 0.4) is 0 Å². The molecule has 0 radical (unpaired) electrons. The van der Waals surface area contributed by atoms with Crippen LogP contribution in [0.15, 0.2) is 22.7 Å². The van der Waals surface area contributed by atoms with Crippen LogP contribution in [0.1, 0.15) is 11.7 Å². The van der Waals surface area contributed by atoms with Gasteiger partial charge >= 0.3 is 0 Å². The van der Waals surface area contributed by atoms with Crippen LogP contribution in [-0.4, -0.2) is 39.1 Å². The highest BCUT2D eigenvalue weighted by molar-refractivity contribution is 7.98. The molecule has 0 aliphatic carbocycles. The van der Waals surface area contributed by atoms with Gasteiger partial charge in [0, 0.05) is 22.9 Å². The van der Waals surface area contributed by atoms with Gasteiger partial charge in [-0.1, -0.05) is 16.9 Å². The van der Waals surface area contributed by atoms with E-state index in [2.05, 4.69) is 20.0 Å². The van der Waals surface area contributed by atoms with Crippen LogP contribution in [0.4, 0.5) is 0 Å². The van der Waals surface area contributed by atoms with Crippen molar-refractivity contribution in [3.63, 3.8) is 0 Å². The summed E-state index contributed by atoms with van der Waals surface area (Å²) >= 11 is 1.38. The second-order valence-electron chi connectivity index (χ2n) is 2.93. The van der Waals surface area contributed by atoms with E-state index in [4.69, 9.17) is 5.53 Å². The molecular weight excluding hydrogens is 230 g/mol. The van der Waals surface area contributed by atoms with Gasteiger partial charge in [0.05, 0.1) is 12.6 Å². The lowest BCUT2D eigenvalue weighted by Gasteiger charge is -2.15. The first-order valence-electron chi connectivity index (χ1n) is 4.42. The molecule has 0 aromatic carbocycles. The number of aliphatic hydroxyl groups is 2. The smallest absolute Gasteiger partial charge is 0.187 e. The second kappa shape index (κ2) is 6.29. The summed E-state index contributed by atoms with van der Waals surface area (Å²) < 4.78 is 0. The van der Waals surface area contributed by atoms with E-state index >= 15 is 0 Å². The molecule has 8 heteroatoms. The summed E-state index contributed by atoms with van der Waals surface area (Å²) in [6, 6.07) is 0. The highest BCUT2D eigenvalue weighted by Crippen LogP contribution is 2.17. The van der Waals surface area contributed by atoms with Crippen molar-refractivity contribution in [2.45, 2.75) is 17.4 Å². The molecule has 0 bridgehead atoms. The van der Waals surface area contributed by atoms with Gasteiger partial charge in [0.1, 0.15) is 6.10 Å². The minimum atomic E-state index is -1.15. The van der Waals surface area contributed by atoms with E-state index in [9.17, 15) is 10.2 Å². The lowest BCUT2D eigenvalue weighted by Crippen LogP contribution is -2.21. The van der Waals surface area contributed by atoms with E-state index < -0.39 is 12.2 Å². The number of hydrogen-bond acceptors (Lipinski definition) is 6. The maximum atomic E-state index is 9.66. The Morgan fingerprint density at radius 2 is 2.12 bits per heavy atom. The summed E-state index contributed by atoms with van der Waals surface area (Å²) in [4.78, 5) is 10.4. The number of hydrogen-bond donors (Lipinski definition) is 2. The van der Waals surface area contributed by atoms with Gasteiger partial charge in [0.25, 0.3) is 0 Å². The van der Waals surface area contributed by atoms with Crippen molar-refractivity contribution in [1.82, 2.24) is 9.97 Å². The van der Waals surface area contributed by atoms with Crippen molar-refractivity contribution in [1.29, 1.82) is 0 Å². The number of aromatic nitrogens is 2. The summed E-state index contributed by atoms with van der Waals surface area (Å²) in [6.07, 6.45) is 2.40. The van der Waals surface area contributed by atoms with Crippen LogP contribution in [0.25, 0.3) is 10.4 Å². The SMILES string of the molecule is CSc1ncc(C(O)C(O)CN=[N+]=[N-])cn1. The molecule has 2 unspecified atom stereocenters. The monoisotopic (exact) mass is 241 g/mol. The Morgan fingerprint density at radius 3 is 2.62 bits per heavy atom. The number of thioether (sulfide) groups is 1. The third-order valence-corrected chi connectivity index (χ3v) is 2.44. The lowest BCUT2D eigenvalue weighted by molar-refractivity contribution is 0.0239. The first kappa shape index (κ1) is 12.7. The Kier molecular flexibility index (Phi) is 5.00. The molecule has 16 heavy (non-hydrogen) atoms. The van der Waals surface area contributed by atoms with Gasteiger partial charge in [0.15, 0.2) is 5.16 Å². The minimum Gasteiger partial charge on any atom is -0.390 e. The van der Waals surface area contributed by atoms with Gasteiger partial charge in [-0.25, -0.2) is 9.97 Å². The van der Waals surface area contributed by atoms with Crippen molar-refractivity contribution in [3.05, 3.63) is 28.4 Å². The summed E-state index contributed by atoms with van der Waals surface area (Å²) in [5, 5.41) is 22.9. The van der Waals surface area contributed by atoms with E-state index in [1.165, 1.54) is 24.2 Å². The van der Waals surface area contributed by atoms with Crippen LogP contribution in [-0.2, 0) is 0 Å². The second-order valence-corrected chi connectivity index (χ2v) is 3.70. The largest absolute Gasteiger partial charge is 0.390 e. The summed E-state index contributed by atoms with van der Waals surface area (Å²) in [6.45, 7) is -0.193. The first-order chi connectivity index (χ1) is 7.69. The highest BCUT2D eigenvalue weighted by Gasteiger charge is 2.18. The Morgan fingerprint density at radius 1 is 1.50 bits per heavy atom. The minimum absolute atomic E-state index is 0.193. The van der Waals surface area contributed by atoms with Crippen molar-refractivity contribution in [2.24, 2.45) is 5.11 Å². The fourth-order valence-electron chi connectivity index (χ4n) is 1.03. The zero-order chi connectivity index (χ0) is 12.0. The molecule has 86 valence electrons. The normalized spacial score (nSPS) is 13.9. The van der Waals surface area contributed by atoms with E-state index in [0.717, 1.165) is 0 Å². The molecule has 0 amide bonds. The van der Waals surface area contributed by atoms with Gasteiger partial charge < -0.3 is 10.2 Å². The average Bonchev–Trinajstić information content (AvgIpc) is 2.35.